The van der Waals surface area contributed by atoms with Crippen LogP contribution in [-0.2, 0) is 4.74 Å². The van der Waals surface area contributed by atoms with Crippen LogP contribution >= 0.6 is 0 Å². The molecule has 1 aliphatic carbocycles. The molecule has 1 aliphatic heterocycles. The quantitative estimate of drug-likeness (QED) is 0.757. The van der Waals surface area contributed by atoms with E-state index in [2.05, 4.69) is 11.8 Å². The van der Waals surface area contributed by atoms with E-state index in [0.717, 1.165) is 19.1 Å². The Bertz CT molecular complexity index is 253. The van der Waals surface area contributed by atoms with Crippen molar-refractivity contribution in [2.75, 3.05) is 33.4 Å². The van der Waals surface area contributed by atoms with Crippen molar-refractivity contribution in [2.24, 2.45) is 17.6 Å². The highest BCUT2D eigenvalue weighted by Crippen LogP contribution is 2.46. The Morgan fingerprint density at radius 1 is 1.33 bits per heavy atom. The monoisotopic (exact) mass is 254 g/mol. The van der Waals surface area contributed by atoms with Crippen LogP contribution in [0.15, 0.2) is 0 Å². The van der Waals surface area contributed by atoms with E-state index in [4.69, 9.17) is 10.5 Å². The molecule has 2 atom stereocenters. The first-order valence-corrected chi connectivity index (χ1v) is 7.71. The number of ether oxygens (including phenoxy) is 1. The second-order valence-corrected chi connectivity index (χ2v) is 6.24. The van der Waals surface area contributed by atoms with Gasteiger partial charge in [-0.2, -0.15) is 0 Å². The number of hydrogen-bond donors (Lipinski definition) is 1. The van der Waals surface area contributed by atoms with E-state index in [0.29, 0.717) is 11.5 Å². The molecular formula is C15H30N2O. The number of hydrogen-bond acceptors (Lipinski definition) is 3. The highest BCUT2D eigenvalue weighted by Gasteiger charge is 2.48. The lowest BCUT2D eigenvalue weighted by Crippen LogP contribution is -2.58. The molecule has 18 heavy (non-hydrogen) atoms. The molecular weight excluding hydrogens is 224 g/mol. The van der Waals surface area contributed by atoms with E-state index in [9.17, 15) is 0 Å². The number of rotatable bonds is 7. The number of methoxy groups -OCH3 is 1. The first-order chi connectivity index (χ1) is 8.76. The number of piperidine rings is 1. The molecule has 0 amide bonds. The maximum absolute atomic E-state index is 6.21. The van der Waals surface area contributed by atoms with Crippen LogP contribution in [0.2, 0.25) is 0 Å². The van der Waals surface area contributed by atoms with Crippen molar-refractivity contribution in [2.45, 2.75) is 51.0 Å². The fourth-order valence-electron chi connectivity index (χ4n) is 3.91. The number of likely N-dealkylation sites (tertiary alicyclic amines) is 1. The molecule has 0 aromatic rings. The molecule has 2 rings (SSSR count). The Kier molecular flexibility index (Phi) is 5.05. The van der Waals surface area contributed by atoms with Crippen LogP contribution < -0.4 is 5.73 Å². The summed E-state index contributed by atoms with van der Waals surface area (Å²) >= 11 is 0. The molecule has 1 saturated heterocycles. The molecule has 0 aromatic heterocycles. The molecule has 106 valence electrons. The van der Waals surface area contributed by atoms with E-state index >= 15 is 0 Å². The zero-order chi connectivity index (χ0) is 13.0. The molecule has 3 nitrogen and oxygen atoms in total. The van der Waals surface area contributed by atoms with Crippen molar-refractivity contribution in [1.29, 1.82) is 0 Å². The highest BCUT2D eigenvalue weighted by atomic mass is 16.5. The fourth-order valence-corrected chi connectivity index (χ4v) is 3.91. The number of nitrogens with two attached hydrogens (primary N) is 1. The molecule has 0 radical (unpaired) electrons. The van der Waals surface area contributed by atoms with Gasteiger partial charge in [0.15, 0.2) is 0 Å². The lowest BCUT2D eigenvalue weighted by atomic mass is 9.83. The van der Waals surface area contributed by atoms with Crippen LogP contribution in [0, 0.1) is 11.8 Å². The highest BCUT2D eigenvalue weighted by molar-refractivity contribution is 5.04. The third-order valence-corrected chi connectivity index (χ3v) is 4.92. The lowest BCUT2D eigenvalue weighted by Gasteiger charge is -2.48. The molecule has 0 bridgehead atoms. The summed E-state index contributed by atoms with van der Waals surface area (Å²) in [6, 6.07) is 0. The van der Waals surface area contributed by atoms with Crippen LogP contribution in [0.3, 0.4) is 0 Å². The minimum atomic E-state index is 0.307. The summed E-state index contributed by atoms with van der Waals surface area (Å²) in [6.45, 7) is 6.48. The summed E-state index contributed by atoms with van der Waals surface area (Å²) in [5.41, 5.74) is 6.52. The standard InChI is InChI=1S/C15H30N2O/c1-3-8-15(12-16,14-6-7-14)17-9-4-5-13(10-17)11-18-2/h13-14H,3-12,16H2,1-2H3. The third-order valence-electron chi connectivity index (χ3n) is 4.92. The van der Waals surface area contributed by atoms with Gasteiger partial charge in [-0.05, 0) is 50.5 Å². The SMILES string of the molecule is CCCC(CN)(C1CC1)N1CCCC(COC)C1. The van der Waals surface area contributed by atoms with Crippen LogP contribution in [0.4, 0.5) is 0 Å². The second-order valence-electron chi connectivity index (χ2n) is 6.24. The topological polar surface area (TPSA) is 38.5 Å². The Labute approximate surface area is 112 Å². The third kappa shape index (κ3) is 2.89. The van der Waals surface area contributed by atoms with Gasteiger partial charge in [0.2, 0.25) is 0 Å². The van der Waals surface area contributed by atoms with Gasteiger partial charge in [0.25, 0.3) is 0 Å². The minimum Gasteiger partial charge on any atom is -0.384 e. The summed E-state index contributed by atoms with van der Waals surface area (Å²) in [4.78, 5) is 2.72. The van der Waals surface area contributed by atoms with E-state index in [-0.39, 0.29) is 0 Å². The molecule has 2 fully saturated rings. The van der Waals surface area contributed by atoms with Gasteiger partial charge >= 0.3 is 0 Å². The minimum absolute atomic E-state index is 0.307. The van der Waals surface area contributed by atoms with Crippen LogP contribution in [0.5, 0.6) is 0 Å². The molecule has 2 aliphatic rings. The zero-order valence-electron chi connectivity index (χ0n) is 12.2. The molecule has 0 aromatic carbocycles. The van der Waals surface area contributed by atoms with Crippen molar-refractivity contribution in [3.05, 3.63) is 0 Å². The van der Waals surface area contributed by atoms with Crippen molar-refractivity contribution in [3.63, 3.8) is 0 Å². The Morgan fingerprint density at radius 2 is 2.11 bits per heavy atom. The molecule has 2 unspecified atom stereocenters. The van der Waals surface area contributed by atoms with Gasteiger partial charge in [0.1, 0.15) is 0 Å². The predicted molar refractivity (Wildman–Crippen MR) is 75.6 cm³/mol. The van der Waals surface area contributed by atoms with Crippen LogP contribution in [0.1, 0.15) is 45.4 Å². The van der Waals surface area contributed by atoms with E-state index in [1.54, 1.807) is 0 Å². The molecule has 0 spiro atoms. The summed E-state index contributed by atoms with van der Waals surface area (Å²) < 4.78 is 5.35. The normalized spacial score (nSPS) is 29.2. The Balaban J connectivity index is 2.04. The second kappa shape index (κ2) is 6.36. The summed E-state index contributed by atoms with van der Waals surface area (Å²) in [5.74, 6) is 1.58. The lowest BCUT2D eigenvalue weighted by molar-refractivity contribution is 0.00473. The maximum Gasteiger partial charge on any atom is 0.0502 e. The molecule has 3 heteroatoms. The largest absolute Gasteiger partial charge is 0.384 e. The van der Waals surface area contributed by atoms with Gasteiger partial charge in [-0.3, -0.25) is 4.90 Å². The summed E-state index contributed by atoms with van der Waals surface area (Å²) in [5, 5.41) is 0. The van der Waals surface area contributed by atoms with E-state index in [1.807, 2.05) is 7.11 Å². The maximum atomic E-state index is 6.21. The van der Waals surface area contributed by atoms with Gasteiger partial charge in [-0.15, -0.1) is 0 Å². The first-order valence-electron chi connectivity index (χ1n) is 7.71. The van der Waals surface area contributed by atoms with Gasteiger partial charge < -0.3 is 10.5 Å². The summed E-state index contributed by atoms with van der Waals surface area (Å²) in [6.07, 6.45) is 7.94. The van der Waals surface area contributed by atoms with Crippen molar-refractivity contribution in [3.8, 4) is 0 Å². The zero-order valence-corrected chi connectivity index (χ0v) is 12.2. The van der Waals surface area contributed by atoms with Crippen molar-refractivity contribution in [1.82, 2.24) is 4.90 Å². The van der Waals surface area contributed by atoms with Crippen LogP contribution in [-0.4, -0.2) is 43.8 Å². The van der Waals surface area contributed by atoms with Gasteiger partial charge in [0, 0.05) is 25.7 Å². The molecule has 1 heterocycles. The Hall–Kier alpha value is -0.120. The number of nitrogens with zero attached hydrogens (tertiary/aromatic N) is 1. The predicted octanol–water partition coefficient (Wildman–Crippen LogP) is 2.25. The average molecular weight is 254 g/mol. The van der Waals surface area contributed by atoms with Crippen molar-refractivity contribution >= 4 is 0 Å². The van der Waals surface area contributed by atoms with Gasteiger partial charge in [-0.1, -0.05) is 13.3 Å². The Morgan fingerprint density at radius 3 is 2.67 bits per heavy atom. The van der Waals surface area contributed by atoms with E-state index < -0.39 is 0 Å². The van der Waals surface area contributed by atoms with Crippen LogP contribution in [0.25, 0.3) is 0 Å². The molecule has 2 N–H and O–H groups in total. The first kappa shape index (κ1) is 14.3. The van der Waals surface area contributed by atoms with Gasteiger partial charge in [-0.25, -0.2) is 0 Å². The summed E-state index contributed by atoms with van der Waals surface area (Å²) in [7, 11) is 1.82. The van der Waals surface area contributed by atoms with Gasteiger partial charge in [0.05, 0.1) is 6.61 Å². The van der Waals surface area contributed by atoms with E-state index in [1.165, 1.54) is 51.6 Å². The van der Waals surface area contributed by atoms with Crippen molar-refractivity contribution < 1.29 is 4.74 Å². The average Bonchev–Trinajstić information content (AvgIpc) is 3.21. The fraction of sp³-hybridized carbons (Fsp3) is 1.00. The smallest absolute Gasteiger partial charge is 0.0502 e. The molecule has 1 saturated carbocycles.